The predicted octanol–water partition coefficient (Wildman–Crippen LogP) is 1.24. The van der Waals surface area contributed by atoms with Gasteiger partial charge in [-0.05, 0) is 25.7 Å². The zero-order chi connectivity index (χ0) is 16.0. The Morgan fingerprint density at radius 3 is 2.82 bits per heavy atom. The molecule has 6 heteroatoms. The molecule has 1 saturated carbocycles. The van der Waals surface area contributed by atoms with Crippen molar-refractivity contribution in [2.45, 2.75) is 57.5 Å². The summed E-state index contributed by atoms with van der Waals surface area (Å²) in [6, 6.07) is -0.115. The molecule has 0 unspecified atom stereocenters. The molecular weight excluding hydrogens is 282 g/mol. The first-order valence-corrected chi connectivity index (χ1v) is 8.57. The van der Waals surface area contributed by atoms with Gasteiger partial charge < -0.3 is 20.6 Å². The second-order valence-corrected chi connectivity index (χ2v) is 6.57. The molecule has 3 amide bonds. The highest BCUT2D eigenvalue weighted by Crippen LogP contribution is 2.39. The minimum absolute atomic E-state index is 0.0255. The fourth-order valence-electron chi connectivity index (χ4n) is 3.50. The van der Waals surface area contributed by atoms with Gasteiger partial charge in [-0.15, -0.1) is 0 Å². The summed E-state index contributed by atoms with van der Waals surface area (Å²) in [7, 11) is 0. The van der Waals surface area contributed by atoms with Gasteiger partial charge in [0.05, 0.1) is 5.60 Å². The van der Waals surface area contributed by atoms with E-state index in [4.69, 9.17) is 0 Å². The van der Waals surface area contributed by atoms with Crippen molar-refractivity contribution in [1.29, 1.82) is 0 Å². The molecule has 1 heterocycles. The van der Waals surface area contributed by atoms with E-state index in [9.17, 15) is 14.7 Å². The lowest BCUT2D eigenvalue weighted by atomic mass is 9.71. The molecule has 126 valence electrons. The molecule has 1 aliphatic carbocycles. The summed E-state index contributed by atoms with van der Waals surface area (Å²) in [5, 5.41) is 16.2. The molecule has 2 rings (SSSR count). The van der Waals surface area contributed by atoms with Crippen LogP contribution in [0.1, 0.15) is 51.9 Å². The van der Waals surface area contributed by atoms with Crippen molar-refractivity contribution in [1.82, 2.24) is 15.5 Å². The summed E-state index contributed by atoms with van der Waals surface area (Å²) in [4.78, 5) is 25.4. The van der Waals surface area contributed by atoms with Crippen LogP contribution in [0.2, 0.25) is 0 Å². The molecule has 6 nitrogen and oxygen atoms in total. The highest BCUT2D eigenvalue weighted by Gasteiger charge is 2.43. The summed E-state index contributed by atoms with van der Waals surface area (Å²) in [5.74, 6) is 0.177. The van der Waals surface area contributed by atoms with E-state index < -0.39 is 5.60 Å². The second-order valence-electron chi connectivity index (χ2n) is 6.57. The van der Waals surface area contributed by atoms with Crippen LogP contribution in [0.25, 0.3) is 0 Å². The van der Waals surface area contributed by atoms with Crippen molar-refractivity contribution in [2.75, 3.05) is 26.2 Å². The third kappa shape index (κ3) is 4.35. The number of piperidine rings is 1. The second kappa shape index (κ2) is 7.81. The maximum atomic E-state index is 12.2. The number of hydrogen-bond acceptors (Lipinski definition) is 3. The fourth-order valence-corrected chi connectivity index (χ4v) is 3.50. The summed E-state index contributed by atoms with van der Waals surface area (Å²) < 4.78 is 0. The van der Waals surface area contributed by atoms with Gasteiger partial charge in [0.15, 0.2) is 0 Å². The Hall–Kier alpha value is -1.30. The third-order valence-electron chi connectivity index (χ3n) is 4.92. The topological polar surface area (TPSA) is 81.7 Å². The van der Waals surface area contributed by atoms with Gasteiger partial charge in [-0.25, -0.2) is 4.79 Å². The zero-order valence-corrected chi connectivity index (χ0v) is 13.6. The number of likely N-dealkylation sites (tertiary alicyclic amines) is 1. The minimum atomic E-state index is -0.560. The zero-order valence-electron chi connectivity index (χ0n) is 13.6. The molecule has 0 radical (unpaired) electrons. The summed E-state index contributed by atoms with van der Waals surface area (Å²) in [5.41, 5.74) is -0.560. The normalized spacial score (nSPS) is 27.9. The number of urea groups is 1. The average molecular weight is 311 g/mol. The number of amides is 3. The van der Waals surface area contributed by atoms with Crippen molar-refractivity contribution in [3.63, 3.8) is 0 Å². The molecule has 0 bridgehead atoms. The van der Waals surface area contributed by atoms with Crippen molar-refractivity contribution in [2.24, 2.45) is 5.92 Å². The molecule has 0 aromatic carbocycles. The standard InChI is InChI=1S/C16H29N3O3/c1-2-9-17-14(20)6-10-18-15(21)19-11-8-16(22)7-4-3-5-13(16)12-19/h13,22H,2-12H2,1H3,(H,17,20)(H,18,21)/t13-,16+/m1/s1. The van der Waals surface area contributed by atoms with Gasteiger partial charge in [0.2, 0.25) is 5.91 Å². The minimum Gasteiger partial charge on any atom is -0.389 e. The number of hydrogen-bond donors (Lipinski definition) is 3. The smallest absolute Gasteiger partial charge is 0.317 e. The van der Waals surface area contributed by atoms with Crippen LogP contribution in [-0.4, -0.2) is 53.7 Å². The third-order valence-corrected chi connectivity index (χ3v) is 4.92. The van der Waals surface area contributed by atoms with Crippen LogP contribution >= 0.6 is 0 Å². The maximum Gasteiger partial charge on any atom is 0.317 e. The lowest BCUT2D eigenvalue weighted by molar-refractivity contribution is -0.120. The molecule has 2 atom stereocenters. The van der Waals surface area contributed by atoms with E-state index in [1.807, 2.05) is 6.92 Å². The Labute approximate surface area is 132 Å². The molecule has 1 aliphatic heterocycles. The lowest BCUT2D eigenvalue weighted by Crippen LogP contribution is -2.56. The van der Waals surface area contributed by atoms with E-state index in [1.54, 1.807) is 4.90 Å². The van der Waals surface area contributed by atoms with E-state index in [0.717, 1.165) is 32.1 Å². The Balaban J connectivity index is 1.71. The lowest BCUT2D eigenvalue weighted by Gasteiger charge is -2.47. The van der Waals surface area contributed by atoms with Crippen LogP contribution in [0.5, 0.6) is 0 Å². The average Bonchev–Trinajstić information content (AvgIpc) is 2.51. The van der Waals surface area contributed by atoms with Crippen molar-refractivity contribution < 1.29 is 14.7 Å². The first-order chi connectivity index (χ1) is 10.5. The number of fused-ring (bicyclic) bond motifs is 1. The number of nitrogens with zero attached hydrogens (tertiary/aromatic N) is 1. The molecular formula is C16H29N3O3. The Kier molecular flexibility index (Phi) is 6.06. The Morgan fingerprint density at radius 2 is 2.05 bits per heavy atom. The maximum absolute atomic E-state index is 12.2. The fraction of sp³-hybridized carbons (Fsp3) is 0.875. The van der Waals surface area contributed by atoms with E-state index in [0.29, 0.717) is 39.0 Å². The SMILES string of the molecule is CCCNC(=O)CCNC(=O)N1CC[C@@]2(O)CCCC[C@@H]2C1. The van der Waals surface area contributed by atoms with E-state index in [1.165, 1.54) is 0 Å². The summed E-state index contributed by atoms with van der Waals surface area (Å²) in [6.07, 6.45) is 5.99. The van der Waals surface area contributed by atoms with Crippen molar-refractivity contribution >= 4 is 11.9 Å². The monoisotopic (exact) mass is 311 g/mol. The van der Waals surface area contributed by atoms with Gasteiger partial charge in [0, 0.05) is 38.5 Å². The van der Waals surface area contributed by atoms with E-state index in [-0.39, 0.29) is 17.9 Å². The predicted molar refractivity (Wildman–Crippen MR) is 84.4 cm³/mol. The van der Waals surface area contributed by atoms with Crippen molar-refractivity contribution in [3.05, 3.63) is 0 Å². The summed E-state index contributed by atoms with van der Waals surface area (Å²) in [6.45, 7) is 4.27. The summed E-state index contributed by atoms with van der Waals surface area (Å²) >= 11 is 0. The molecule has 2 fully saturated rings. The molecule has 2 aliphatic rings. The van der Waals surface area contributed by atoms with Crippen LogP contribution in [0.3, 0.4) is 0 Å². The number of rotatable bonds is 5. The van der Waals surface area contributed by atoms with Crippen LogP contribution < -0.4 is 10.6 Å². The van der Waals surface area contributed by atoms with Gasteiger partial charge in [-0.1, -0.05) is 19.8 Å². The van der Waals surface area contributed by atoms with Crippen LogP contribution in [-0.2, 0) is 4.79 Å². The van der Waals surface area contributed by atoms with E-state index >= 15 is 0 Å². The van der Waals surface area contributed by atoms with Gasteiger partial charge in [-0.2, -0.15) is 0 Å². The molecule has 0 aromatic heterocycles. The quantitative estimate of drug-likeness (QED) is 0.714. The van der Waals surface area contributed by atoms with E-state index in [2.05, 4.69) is 10.6 Å². The molecule has 22 heavy (non-hydrogen) atoms. The highest BCUT2D eigenvalue weighted by molar-refractivity contribution is 5.78. The van der Waals surface area contributed by atoms with Crippen molar-refractivity contribution in [3.8, 4) is 0 Å². The molecule has 3 N–H and O–H groups in total. The largest absolute Gasteiger partial charge is 0.389 e. The van der Waals surface area contributed by atoms with Crippen LogP contribution in [0.15, 0.2) is 0 Å². The molecule has 0 aromatic rings. The van der Waals surface area contributed by atoms with Gasteiger partial charge in [0.1, 0.15) is 0 Å². The van der Waals surface area contributed by atoms with Gasteiger partial charge >= 0.3 is 6.03 Å². The molecule has 0 spiro atoms. The molecule has 1 saturated heterocycles. The van der Waals surface area contributed by atoms with Gasteiger partial charge in [-0.3, -0.25) is 4.79 Å². The van der Waals surface area contributed by atoms with Gasteiger partial charge in [0.25, 0.3) is 0 Å². The number of carbonyl (C=O) groups is 2. The highest BCUT2D eigenvalue weighted by atomic mass is 16.3. The number of aliphatic hydroxyl groups is 1. The first kappa shape index (κ1) is 17.1. The number of carbonyl (C=O) groups excluding carboxylic acids is 2. The first-order valence-electron chi connectivity index (χ1n) is 8.57. The van der Waals surface area contributed by atoms with Crippen LogP contribution in [0.4, 0.5) is 4.79 Å². The van der Waals surface area contributed by atoms with Crippen LogP contribution in [0, 0.1) is 5.92 Å². The Morgan fingerprint density at radius 1 is 1.23 bits per heavy atom. The Bertz CT molecular complexity index is 402. The number of nitrogens with one attached hydrogen (secondary N) is 2.